The van der Waals surface area contributed by atoms with Crippen LogP contribution in [-0.4, -0.2) is 49.3 Å². The van der Waals surface area contributed by atoms with Crippen LogP contribution in [-0.2, 0) is 4.74 Å². The molecule has 0 amide bonds. The topological polar surface area (TPSA) is 24.5 Å². The van der Waals surface area contributed by atoms with Gasteiger partial charge in [-0.05, 0) is 20.3 Å². The molecule has 0 bridgehead atoms. The zero-order valence-corrected chi connectivity index (χ0v) is 8.62. The lowest BCUT2D eigenvalue weighted by Gasteiger charge is -2.29. The first-order valence-electron chi connectivity index (χ1n) is 5.36. The van der Waals surface area contributed by atoms with Crippen LogP contribution in [0.1, 0.15) is 20.3 Å². The standard InChI is InChI=1S/C10H20N2O/c1-8(2)13-10-5-9-6-11-3-4-12(9)7-10/h8-11H,3-7H2,1-2H3/t9-,10-/m1/s1. The fraction of sp³-hybridized carbons (Fsp3) is 1.00. The molecule has 0 aromatic carbocycles. The predicted octanol–water partition coefficient (Wildman–Crippen LogP) is 0.458. The minimum atomic E-state index is 0.374. The van der Waals surface area contributed by atoms with Gasteiger partial charge in [-0.3, -0.25) is 4.90 Å². The number of ether oxygens (including phenoxy) is 1. The van der Waals surface area contributed by atoms with Crippen molar-refractivity contribution in [1.29, 1.82) is 0 Å². The van der Waals surface area contributed by atoms with Crippen molar-refractivity contribution in [1.82, 2.24) is 10.2 Å². The van der Waals surface area contributed by atoms with Crippen LogP contribution in [0.4, 0.5) is 0 Å². The van der Waals surface area contributed by atoms with Crippen molar-refractivity contribution in [3.05, 3.63) is 0 Å². The van der Waals surface area contributed by atoms with Gasteiger partial charge in [-0.1, -0.05) is 0 Å². The molecule has 2 atom stereocenters. The third-order valence-corrected chi connectivity index (χ3v) is 2.91. The summed E-state index contributed by atoms with van der Waals surface area (Å²) < 4.78 is 5.83. The average Bonchev–Trinajstić information content (AvgIpc) is 2.44. The van der Waals surface area contributed by atoms with E-state index in [1.54, 1.807) is 0 Å². The van der Waals surface area contributed by atoms with Crippen molar-refractivity contribution in [3.8, 4) is 0 Å². The van der Waals surface area contributed by atoms with E-state index in [0.29, 0.717) is 12.2 Å². The number of fused-ring (bicyclic) bond motifs is 1. The molecule has 76 valence electrons. The van der Waals surface area contributed by atoms with Gasteiger partial charge in [0.1, 0.15) is 0 Å². The molecule has 3 heteroatoms. The summed E-state index contributed by atoms with van der Waals surface area (Å²) in [5.74, 6) is 0. The normalized spacial score (nSPS) is 35.3. The van der Waals surface area contributed by atoms with Crippen molar-refractivity contribution >= 4 is 0 Å². The van der Waals surface area contributed by atoms with E-state index >= 15 is 0 Å². The third-order valence-electron chi connectivity index (χ3n) is 2.91. The molecule has 2 fully saturated rings. The molecule has 2 rings (SSSR count). The summed E-state index contributed by atoms with van der Waals surface area (Å²) in [4.78, 5) is 2.56. The smallest absolute Gasteiger partial charge is 0.0720 e. The second kappa shape index (κ2) is 3.95. The lowest BCUT2D eigenvalue weighted by Crippen LogP contribution is -2.47. The monoisotopic (exact) mass is 184 g/mol. The highest BCUT2D eigenvalue weighted by atomic mass is 16.5. The van der Waals surface area contributed by atoms with Gasteiger partial charge >= 0.3 is 0 Å². The zero-order valence-electron chi connectivity index (χ0n) is 8.62. The Bertz CT molecular complexity index is 158. The summed E-state index contributed by atoms with van der Waals surface area (Å²) in [5.41, 5.74) is 0. The molecule has 0 aromatic heterocycles. The lowest BCUT2D eigenvalue weighted by molar-refractivity contribution is 0.0142. The Balaban J connectivity index is 1.84. The molecule has 2 aliphatic rings. The van der Waals surface area contributed by atoms with E-state index in [-0.39, 0.29) is 0 Å². The number of nitrogens with zero attached hydrogens (tertiary/aromatic N) is 1. The van der Waals surface area contributed by atoms with Crippen LogP contribution in [0, 0.1) is 0 Å². The summed E-state index contributed by atoms with van der Waals surface area (Å²) in [7, 11) is 0. The maximum absolute atomic E-state index is 5.83. The van der Waals surface area contributed by atoms with Crippen molar-refractivity contribution in [2.24, 2.45) is 0 Å². The largest absolute Gasteiger partial charge is 0.374 e. The molecule has 0 unspecified atom stereocenters. The van der Waals surface area contributed by atoms with Crippen LogP contribution in [0.5, 0.6) is 0 Å². The molecule has 13 heavy (non-hydrogen) atoms. The van der Waals surface area contributed by atoms with Gasteiger partial charge in [-0.2, -0.15) is 0 Å². The Morgan fingerprint density at radius 1 is 1.46 bits per heavy atom. The van der Waals surface area contributed by atoms with Gasteiger partial charge in [-0.15, -0.1) is 0 Å². The molecule has 3 nitrogen and oxygen atoms in total. The average molecular weight is 184 g/mol. The van der Waals surface area contributed by atoms with E-state index in [0.717, 1.165) is 25.7 Å². The molecule has 2 aliphatic heterocycles. The highest BCUT2D eigenvalue weighted by Gasteiger charge is 2.34. The van der Waals surface area contributed by atoms with E-state index < -0.39 is 0 Å². The van der Waals surface area contributed by atoms with Gasteiger partial charge in [0.05, 0.1) is 12.2 Å². The first kappa shape index (κ1) is 9.44. The maximum atomic E-state index is 5.83. The summed E-state index contributed by atoms with van der Waals surface area (Å²) in [6.07, 6.45) is 2.06. The Labute approximate surface area is 80.4 Å². The first-order valence-corrected chi connectivity index (χ1v) is 5.36. The molecule has 0 aromatic rings. The molecule has 2 saturated heterocycles. The van der Waals surface area contributed by atoms with Gasteiger partial charge in [-0.25, -0.2) is 0 Å². The summed E-state index contributed by atoms with van der Waals surface area (Å²) in [5, 5.41) is 3.43. The molecule has 0 saturated carbocycles. The van der Waals surface area contributed by atoms with Crippen LogP contribution < -0.4 is 5.32 Å². The van der Waals surface area contributed by atoms with E-state index in [2.05, 4.69) is 24.1 Å². The van der Waals surface area contributed by atoms with Crippen molar-refractivity contribution < 1.29 is 4.74 Å². The minimum absolute atomic E-state index is 0.374. The van der Waals surface area contributed by atoms with Crippen LogP contribution in [0.15, 0.2) is 0 Å². The van der Waals surface area contributed by atoms with Crippen molar-refractivity contribution in [3.63, 3.8) is 0 Å². The van der Waals surface area contributed by atoms with Crippen molar-refractivity contribution in [2.75, 3.05) is 26.2 Å². The van der Waals surface area contributed by atoms with Crippen molar-refractivity contribution in [2.45, 2.75) is 38.5 Å². The molecule has 1 N–H and O–H groups in total. The second-order valence-electron chi connectivity index (χ2n) is 4.40. The summed E-state index contributed by atoms with van der Waals surface area (Å²) in [6, 6.07) is 0.734. The highest BCUT2D eigenvalue weighted by Crippen LogP contribution is 2.21. The fourth-order valence-corrected chi connectivity index (χ4v) is 2.40. The van der Waals surface area contributed by atoms with Gasteiger partial charge in [0.2, 0.25) is 0 Å². The zero-order chi connectivity index (χ0) is 9.26. The second-order valence-corrected chi connectivity index (χ2v) is 4.40. The predicted molar refractivity (Wildman–Crippen MR) is 52.9 cm³/mol. The van der Waals surface area contributed by atoms with Gasteiger partial charge < -0.3 is 10.1 Å². The fourth-order valence-electron chi connectivity index (χ4n) is 2.40. The Morgan fingerprint density at radius 3 is 3.00 bits per heavy atom. The van der Waals surface area contributed by atoms with E-state index in [1.165, 1.54) is 13.0 Å². The highest BCUT2D eigenvalue weighted by molar-refractivity contribution is 4.90. The van der Waals surface area contributed by atoms with E-state index in [4.69, 9.17) is 4.74 Å². The van der Waals surface area contributed by atoms with Crippen LogP contribution in [0.2, 0.25) is 0 Å². The quantitative estimate of drug-likeness (QED) is 0.674. The molecule has 0 spiro atoms. The number of hydrogen-bond donors (Lipinski definition) is 1. The Kier molecular flexibility index (Phi) is 2.86. The lowest BCUT2D eigenvalue weighted by atomic mass is 10.2. The van der Waals surface area contributed by atoms with Crippen LogP contribution >= 0.6 is 0 Å². The summed E-state index contributed by atoms with van der Waals surface area (Å²) in [6.45, 7) is 8.88. The molecule has 0 radical (unpaired) electrons. The molecular formula is C10H20N2O. The summed E-state index contributed by atoms with van der Waals surface area (Å²) >= 11 is 0. The Morgan fingerprint density at radius 2 is 2.31 bits per heavy atom. The Hall–Kier alpha value is -0.120. The maximum Gasteiger partial charge on any atom is 0.0720 e. The third kappa shape index (κ3) is 2.22. The van der Waals surface area contributed by atoms with Gasteiger partial charge in [0.15, 0.2) is 0 Å². The SMILES string of the molecule is CC(C)O[C@@H]1C[C@@H]2CNCCN2C1. The minimum Gasteiger partial charge on any atom is -0.374 e. The van der Waals surface area contributed by atoms with Crippen LogP contribution in [0.3, 0.4) is 0 Å². The molecule has 0 aliphatic carbocycles. The van der Waals surface area contributed by atoms with E-state index in [1.807, 2.05) is 0 Å². The van der Waals surface area contributed by atoms with E-state index in [9.17, 15) is 0 Å². The molecule has 2 heterocycles. The van der Waals surface area contributed by atoms with Gasteiger partial charge in [0, 0.05) is 32.2 Å². The number of rotatable bonds is 2. The molecular weight excluding hydrogens is 164 g/mol. The van der Waals surface area contributed by atoms with Gasteiger partial charge in [0.25, 0.3) is 0 Å². The number of nitrogens with one attached hydrogen (secondary N) is 1. The number of piperazine rings is 1. The first-order chi connectivity index (χ1) is 6.25. The van der Waals surface area contributed by atoms with Crippen LogP contribution in [0.25, 0.3) is 0 Å². The number of hydrogen-bond acceptors (Lipinski definition) is 3.